The van der Waals surface area contributed by atoms with Crippen LogP contribution in [0.5, 0.6) is 0 Å². The summed E-state index contributed by atoms with van der Waals surface area (Å²) in [6.45, 7) is 16.4. The van der Waals surface area contributed by atoms with Gasteiger partial charge in [-0.15, -0.1) is 0 Å². The van der Waals surface area contributed by atoms with Crippen LogP contribution in [0.3, 0.4) is 0 Å². The number of aromatic nitrogens is 3. The summed E-state index contributed by atoms with van der Waals surface area (Å²) in [4.78, 5) is 19.4. The average Bonchev–Trinajstić information content (AvgIpc) is 3.71. The second-order valence-corrected chi connectivity index (χ2v) is 12.4. The van der Waals surface area contributed by atoms with Crippen molar-refractivity contribution in [1.82, 2.24) is 14.1 Å². The van der Waals surface area contributed by atoms with Crippen molar-refractivity contribution in [3.05, 3.63) is 187 Å². The van der Waals surface area contributed by atoms with Gasteiger partial charge in [-0.3, -0.25) is 9.98 Å². The van der Waals surface area contributed by atoms with Crippen molar-refractivity contribution in [2.75, 3.05) is 6.54 Å². The van der Waals surface area contributed by atoms with Crippen LogP contribution in [-0.4, -0.2) is 39.1 Å². The molecular weight excluding hydrogens is 649 g/mol. The first-order valence-corrected chi connectivity index (χ1v) is 17.6. The number of benzene rings is 4. The van der Waals surface area contributed by atoms with E-state index in [1.165, 1.54) is 0 Å². The third-order valence-electron chi connectivity index (χ3n) is 9.12. The molecule has 258 valence electrons. The minimum atomic E-state index is 0.420. The second kappa shape index (κ2) is 15.5. The number of aliphatic imine (C=N–C) groups is 3. The molecule has 3 aromatic heterocycles. The first-order chi connectivity index (χ1) is 26.1. The molecule has 0 aliphatic heterocycles. The number of hydrogen-bond acceptors (Lipinski definition) is 2. The van der Waals surface area contributed by atoms with Gasteiger partial charge in [0.15, 0.2) is 11.7 Å². The van der Waals surface area contributed by atoms with Crippen molar-refractivity contribution in [3.8, 4) is 11.4 Å². The van der Waals surface area contributed by atoms with Crippen LogP contribution in [0.2, 0.25) is 0 Å². The van der Waals surface area contributed by atoms with E-state index in [0.717, 1.165) is 72.2 Å². The zero-order chi connectivity index (χ0) is 36.7. The van der Waals surface area contributed by atoms with Gasteiger partial charge in [0.25, 0.3) is 0 Å². The zero-order valence-electron chi connectivity index (χ0n) is 30.0. The molecule has 0 aliphatic rings. The minimum absolute atomic E-state index is 0.420. The summed E-state index contributed by atoms with van der Waals surface area (Å²) in [6.07, 6.45) is 15.9. The Hall–Kier alpha value is -6.92. The maximum atomic E-state index is 5.12. The molecule has 0 bridgehead atoms. The van der Waals surface area contributed by atoms with Crippen LogP contribution >= 0.6 is 0 Å². The lowest BCUT2D eigenvalue weighted by Crippen LogP contribution is -2.06. The van der Waals surface area contributed by atoms with Crippen molar-refractivity contribution >= 4 is 63.4 Å². The van der Waals surface area contributed by atoms with E-state index in [9.17, 15) is 0 Å². The fourth-order valence-electron chi connectivity index (χ4n) is 6.87. The monoisotopic (exact) mass is 688 g/mol. The Bertz CT molecular complexity index is 2630. The molecule has 4 aromatic carbocycles. The van der Waals surface area contributed by atoms with Crippen LogP contribution in [0.15, 0.2) is 179 Å². The predicted octanol–water partition coefficient (Wildman–Crippen LogP) is 11.4. The van der Waals surface area contributed by atoms with Crippen molar-refractivity contribution in [3.63, 3.8) is 0 Å². The number of nitrogens with zero attached hydrogens (tertiary/aromatic N) is 6. The molecule has 0 radical (unpaired) electrons. The molecule has 0 atom stereocenters. The van der Waals surface area contributed by atoms with Crippen LogP contribution in [0.1, 0.15) is 36.2 Å². The van der Waals surface area contributed by atoms with Crippen molar-refractivity contribution in [2.24, 2.45) is 15.0 Å². The van der Waals surface area contributed by atoms with E-state index < -0.39 is 0 Å². The van der Waals surface area contributed by atoms with Crippen molar-refractivity contribution in [1.29, 1.82) is 0 Å². The summed E-state index contributed by atoms with van der Waals surface area (Å²) >= 11 is 0. The van der Waals surface area contributed by atoms with E-state index in [4.69, 9.17) is 15.0 Å². The van der Waals surface area contributed by atoms with Crippen LogP contribution in [-0.2, 0) is 0 Å². The highest BCUT2D eigenvalue weighted by molar-refractivity contribution is 6.18. The number of allylic oxidation sites excluding steroid dienone is 4. The molecule has 0 fully saturated rings. The van der Waals surface area contributed by atoms with E-state index >= 15 is 0 Å². The van der Waals surface area contributed by atoms with Crippen LogP contribution < -0.4 is 0 Å². The summed E-state index contributed by atoms with van der Waals surface area (Å²) in [7, 11) is 0. The molecule has 0 N–H and O–H groups in total. The molecule has 0 saturated heterocycles. The number of pyridine rings is 1. The fraction of sp³-hybridized carbons (Fsp3) is 0.0638. The quantitative estimate of drug-likeness (QED) is 0.0801. The minimum Gasteiger partial charge on any atom is -0.307 e. The van der Waals surface area contributed by atoms with E-state index in [0.29, 0.717) is 18.2 Å². The topological polar surface area (TPSA) is 59.8 Å². The Morgan fingerprint density at radius 2 is 1.40 bits per heavy atom. The van der Waals surface area contributed by atoms with Gasteiger partial charge >= 0.3 is 0 Å². The van der Waals surface area contributed by atoms with Crippen LogP contribution in [0.25, 0.3) is 56.4 Å². The van der Waals surface area contributed by atoms with Gasteiger partial charge in [-0.25, -0.2) is 9.98 Å². The molecular formula is C47H40N6. The number of rotatable bonds is 10. The van der Waals surface area contributed by atoms with E-state index in [-0.39, 0.29) is 0 Å². The Labute approximate surface area is 310 Å². The smallest absolute Gasteiger partial charge is 0.161 e. The summed E-state index contributed by atoms with van der Waals surface area (Å²) in [5.74, 6) is 1.05. The van der Waals surface area contributed by atoms with Gasteiger partial charge in [-0.1, -0.05) is 116 Å². The number of fused-ring (bicyclic) bond motifs is 5. The third kappa shape index (κ3) is 6.54. The molecule has 53 heavy (non-hydrogen) atoms. The average molecular weight is 689 g/mol. The Balaban J connectivity index is 1.47. The first kappa shape index (κ1) is 34.5. The van der Waals surface area contributed by atoms with Gasteiger partial charge in [0.05, 0.1) is 34.3 Å². The molecule has 0 spiro atoms. The molecule has 0 unspecified atom stereocenters. The van der Waals surface area contributed by atoms with Crippen LogP contribution in [0, 0.1) is 0 Å². The standard InChI is InChI=1S/C47H40N6/c1-6-18-33(19-7-2)31-50-47(51-46(48-5)34-21-12-10-13-22-34)35-27-29-37(30-28-35)53-42-26-17-16-25-39(42)43-45(53)44-40(32-49-43)38(20-8-3)41(9-4)52(44)36-23-14-11-15-24-36/h6-30,32H,1,4-5,31H2,2-3H3/b19-7-,20-8-,33-18+,50-47?,51-46?. The third-order valence-corrected chi connectivity index (χ3v) is 9.12. The molecule has 0 aliphatic carbocycles. The van der Waals surface area contributed by atoms with E-state index in [1.807, 2.05) is 80.7 Å². The van der Waals surface area contributed by atoms with Gasteiger partial charge in [-0.05, 0) is 74.7 Å². The molecule has 6 nitrogen and oxygen atoms in total. The van der Waals surface area contributed by atoms with E-state index in [1.54, 1.807) is 6.08 Å². The molecule has 7 aromatic rings. The van der Waals surface area contributed by atoms with E-state index in [2.05, 4.69) is 119 Å². The molecule has 0 amide bonds. The van der Waals surface area contributed by atoms with Crippen LogP contribution in [0.4, 0.5) is 0 Å². The highest BCUT2D eigenvalue weighted by Crippen LogP contribution is 2.40. The number of amidine groups is 2. The summed E-state index contributed by atoms with van der Waals surface area (Å²) in [5.41, 5.74) is 10.9. The summed E-state index contributed by atoms with van der Waals surface area (Å²) in [5, 5.41) is 2.12. The Morgan fingerprint density at radius 3 is 2.08 bits per heavy atom. The molecule has 6 heteroatoms. The Kier molecular flexibility index (Phi) is 10.1. The van der Waals surface area contributed by atoms with Crippen molar-refractivity contribution < 1.29 is 0 Å². The van der Waals surface area contributed by atoms with Gasteiger partial charge in [0, 0.05) is 45.0 Å². The Morgan fingerprint density at radius 1 is 0.717 bits per heavy atom. The summed E-state index contributed by atoms with van der Waals surface area (Å²) in [6, 6.07) is 37.1. The number of hydrogen-bond donors (Lipinski definition) is 0. The molecule has 0 saturated carbocycles. The lowest BCUT2D eigenvalue weighted by Gasteiger charge is -2.13. The normalized spacial score (nSPS) is 12.8. The number of para-hydroxylation sites is 2. The molecule has 7 rings (SSSR count). The first-order valence-electron chi connectivity index (χ1n) is 17.6. The lowest BCUT2D eigenvalue weighted by atomic mass is 10.1. The zero-order valence-corrected chi connectivity index (χ0v) is 30.0. The largest absolute Gasteiger partial charge is 0.307 e. The van der Waals surface area contributed by atoms with Crippen molar-refractivity contribution in [2.45, 2.75) is 13.8 Å². The summed E-state index contributed by atoms with van der Waals surface area (Å²) < 4.78 is 4.62. The lowest BCUT2D eigenvalue weighted by molar-refractivity contribution is 1.10. The predicted molar refractivity (Wildman–Crippen MR) is 227 cm³/mol. The van der Waals surface area contributed by atoms with Gasteiger partial charge < -0.3 is 9.13 Å². The maximum absolute atomic E-state index is 5.12. The van der Waals surface area contributed by atoms with Gasteiger partial charge in [-0.2, -0.15) is 0 Å². The van der Waals surface area contributed by atoms with Gasteiger partial charge in [0.1, 0.15) is 0 Å². The second-order valence-electron chi connectivity index (χ2n) is 12.4. The fourth-order valence-corrected chi connectivity index (χ4v) is 6.87. The molecule has 3 heterocycles. The maximum Gasteiger partial charge on any atom is 0.161 e. The SMILES string of the molecule is C=C/C=C(\C=C/C)CN=C(N=C(N=C)c1ccccc1)c1ccc(-n2c3ccccc3c3ncc4c(/C=C\C)c(C=C)n(-c5ccccc5)c4c32)cc1. The van der Waals surface area contributed by atoms with Gasteiger partial charge in [0.2, 0.25) is 0 Å². The highest BCUT2D eigenvalue weighted by Gasteiger charge is 2.23. The highest BCUT2D eigenvalue weighted by atomic mass is 15.1.